The monoisotopic (exact) mass is 365 g/mol. The fraction of sp³-hybridized carbons (Fsp3) is 0.238. The molecule has 1 aliphatic heterocycles. The highest BCUT2D eigenvalue weighted by atomic mass is 19.1. The molecule has 0 atom stereocenters. The van der Waals surface area contributed by atoms with E-state index in [-0.39, 0.29) is 11.4 Å². The third-order valence-electron chi connectivity index (χ3n) is 4.36. The summed E-state index contributed by atoms with van der Waals surface area (Å²) in [6.45, 7) is 4.72. The van der Waals surface area contributed by atoms with Crippen molar-refractivity contribution in [2.45, 2.75) is 6.92 Å². The van der Waals surface area contributed by atoms with Gasteiger partial charge < -0.3 is 15.0 Å². The summed E-state index contributed by atoms with van der Waals surface area (Å²) in [7, 11) is 0. The zero-order valence-electron chi connectivity index (χ0n) is 15.0. The Labute approximate surface area is 157 Å². The molecule has 2 aromatic carbocycles. The highest BCUT2D eigenvalue weighted by Crippen LogP contribution is 2.20. The van der Waals surface area contributed by atoms with E-state index in [1.807, 2.05) is 18.2 Å². The Morgan fingerprint density at radius 1 is 1.22 bits per heavy atom. The van der Waals surface area contributed by atoms with Crippen LogP contribution in [0.4, 0.5) is 15.8 Å². The second kappa shape index (κ2) is 8.47. The molecular weight excluding hydrogens is 345 g/mol. The van der Waals surface area contributed by atoms with Gasteiger partial charge in [0.1, 0.15) is 17.5 Å². The van der Waals surface area contributed by atoms with Crippen LogP contribution in [0.3, 0.4) is 0 Å². The smallest absolute Gasteiger partial charge is 0.266 e. The predicted molar refractivity (Wildman–Crippen MR) is 103 cm³/mol. The first-order valence-corrected chi connectivity index (χ1v) is 8.69. The number of morpholine rings is 1. The number of rotatable bonds is 4. The highest BCUT2D eigenvalue weighted by Gasteiger charge is 2.13. The Kier molecular flexibility index (Phi) is 5.84. The zero-order valence-corrected chi connectivity index (χ0v) is 15.0. The molecule has 27 heavy (non-hydrogen) atoms. The number of nitrogens with zero attached hydrogens (tertiary/aromatic N) is 2. The predicted octanol–water partition coefficient (Wildman–Crippen LogP) is 3.52. The van der Waals surface area contributed by atoms with Gasteiger partial charge in [0.05, 0.1) is 13.2 Å². The summed E-state index contributed by atoms with van der Waals surface area (Å²) in [5.74, 6) is -0.825. The molecule has 1 aliphatic rings. The SMILES string of the molecule is Cc1cc(C=C(C#N)C(=O)Nc2ccc(N3CCOCC3)cc2)ccc1F. The third-order valence-corrected chi connectivity index (χ3v) is 4.36. The van der Waals surface area contributed by atoms with Crippen molar-refractivity contribution in [3.63, 3.8) is 0 Å². The number of nitrogens with one attached hydrogen (secondary N) is 1. The van der Waals surface area contributed by atoms with Crippen LogP contribution >= 0.6 is 0 Å². The van der Waals surface area contributed by atoms with Gasteiger partial charge >= 0.3 is 0 Å². The van der Waals surface area contributed by atoms with Crippen LogP contribution in [0.5, 0.6) is 0 Å². The molecule has 5 nitrogen and oxygen atoms in total. The van der Waals surface area contributed by atoms with E-state index in [1.54, 1.807) is 25.1 Å². The summed E-state index contributed by atoms with van der Waals surface area (Å²) < 4.78 is 18.7. The molecule has 0 saturated carbocycles. The van der Waals surface area contributed by atoms with E-state index in [9.17, 15) is 14.4 Å². The van der Waals surface area contributed by atoms with Crippen molar-refractivity contribution in [1.29, 1.82) is 5.26 Å². The molecule has 0 bridgehead atoms. The van der Waals surface area contributed by atoms with Crippen LogP contribution in [0, 0.1) is 24.1 Å². The quantitative estimate of drug-likeness (QED) is 0.665. The molecule has 0 aromatic heterocycles. The number of amides is 1. The molecule has 2 aromatic rings. The van der Waals surface area contributed by atoms with Crippen molar-refractivity contribution < 1.29 is 13.9 Å². The first-order chi connectivity index (χ1) is 13.1. The number of nitriles is 1. The van der Waals surface area contributed by atoms with Crippen molar-refractivity contribution >= 4 is 23.4 Å². The second-order valence-electron chi connectivity index (χ2n) is 6.28. The van der Waals surface area contributed by atoms with Crippen LogP contribution in [0.25, 0.3) is 6.08 Å². The standard InChI is InChI=1S/C21H20FN3O2/c1-15-12-16(2-7-20(15)22)13-17(14-23)21(26)24-18-3-5-19(6-4-18)25-8-10-27-11-9-25/h2-7,12-13H,8-11H2,1H3,(H,24,26). The van der Waals surface area contributed by atoms with Gasteiger partial charge in [-0.25, -0.2) is 4.39 Å². The maximum absolute atomic E-state index is 13.4. The van der Waals surface area contributed by atoms with Crippen LogP contribution in [-0.2, 0) is 9.53 Å². The van der Waals surface area contributed by atoms with Crippen molar-refractivity contribution in [3.8, 4) is 6.07 Å². The Bertz CT molecular complexity index is 895. The number of hydrogen-bond acceptors (Lipinski definition) is 4. The van der Waals surface area contributed by atoms with Crippen LogP contribution in [0.15, 0.2) is 48.0 Å². The van der Waals surface area contributed by atoms with Gasteiger partial charge in [0, 0.05) is 24.5 Å². The van der Waals surface area contributed by atoms with Crippen molar-refractivity contribution in [2.75, 3.05) is 36.5 Å². The lowest BCUT2D eigenvalue weighted by Crippen LogP contribution is -2.36. The number of aryl methyl sites for hydroxylation is 1. The van der Waals surface area contributed by atoms with E-state index in [1.165, 1.54) is 18.2 Å². The molecule has 1 N–H and O–H groups in total. The number of ether oxygens (including phenoxy) is 1. The molecule has 0 spiro atoms. The Morgan fingerprint density at radius 2 is 1.93 bits per heavy atom. The average Bonchev–Trinajstić information content (AvgIpc) is 2.70. The van der Waals surface area contributed by atoms with E-state index < -0.39 is 5.91 Å². The van der Waals surface area contributed by atoms with E-state index in [2.05, 4.69) is 10.2 Å². The lowest BCUT2D eigenvalue weighted by molar-refractivity contribution is -0.112. The van der Waals surface area contributed by atoms with Crippen molar-refractivity contribution in [1.82, 2.24) is 0 Å². The lowest BCUT2D eigenvalue weighted by atomic mass is 10.1. The average molecular weight is 365 g/mol. The van der Waals surface area contributed by atoms with Gasteiger partial charge in [-0.3, -0.25) is 4.79 Å². The molecule has 3 rings (SSSR count). The number of benzene rings is 2. The van der Waals surface area contributed by atoms with Gasteiger partial charge in [0.25, 0.3) is 5.91 Å². The van der Waals surface area contributed by atoms with Crippen LogP contribution in [0.1, 0.15) is 11.1 Å². The van der Waals surface area contributed by atoms with Gasteiger partial charge in [-0.1, -0.05) is 6.07 Å². The Morgan fingerprint density at radius 3 is 2.56 bits per heavy atom. The number of carbonyl (C=O) groups is 1. The zero-order chi connectivity index (χ0) is 19.2. The molecular formula is C21H20FN3O2. The van der Waals surface area contributed by atoms with Gasteiger partial charge in [0.15, 0.2) is 0 Å². The van der Waals surface area contributed by atoms with Gasteiger partial charge in [-0.15, -0.1) is 0 Å². The Balaban J connectivity index is 1.70. The number of halogens is 1. The number of carbonyl (C=O) groups excluding carboxylic acids is 1. The third kappa shape index (κ3) is 4.72. The molecule has 0 radical (unpaired) electrons. The summed E-state index contributed by atoms with van der Waals surface area (Å²) in [4.78, 5) is 14.6. The minimum atomic E-state index is -0.501. The summed E-state index contributed by atoms with van der Waals surface area (Å²) in [6.07, 6.45) is 1.45. The first-order valence-electron chi connectivity index (χ1n) is 8.69. The normalized spacial score (nSPS) is 14.6. The van der Waals surface area contributed by atoms with Crippen LogP contribution < -0.4 is 10.2 Å². The molecule has 0 aliphatic carbocycles. The summed E-state index contributed by atoms with van der Waals surface area (Å²) in [6, 6.07) is 13.8. The summed E-state index contributed by atoms with van der Waals surface area (Å²) in [5.41, 5.74) is 2.68. The van der Waals surface area contributed by atoms with E-state index in [0.717, 1.165) is 18.8 Å². The van der Waals surface area contributed by atoms with Crippen molar-refractivity contribution in [2.24, 2.45) is 0 Å². The van der Waals surface area contributed by atoms with Gasteiger partial charge in [0.2, 0.25) is 0 Å². The lowest BCUT2D eigenvalue weighted by Gasteiger charge is -2.28. The molecule has 138 valence electrons. The fourth-order valence-corrected chi connectivity index (χ4v) is 2.85. The van der Waals surface area contributed by atoms with Crippen molar-refractivity contribution in [3.05, 3.63) is 65.0 Å². The molecule has 6 heteroatoms. The van der Waals surface area contributed by atoms with Gasteiger partial charge in [-0.2, -0.15) is 5.26 Å². The highest BCUT2D eigenvalue weighted by molar-refractivity contribution is 6.09. The topological polar surface area (TPSA) is 65.4 Å². The summed E-state index contributed by atoms with van der Waals surface area (Å²) in [5, 5.41) is 12.0. The Hall–Kier alpha value is -3.17. The minimum Gasteiger partial charge on any atom is -0.378 e. The van der Waals surface area contributed by atoms with Crippen LogP contribution in [-0.4, -0.2) is 32.2 Å². The molecule has 1 saturated heterocycles. The largest absolute Gasteiger partial charge is 0.378 e. The van der Waals surface area contributed by atoms with Crippen LogP contribution in [0.2, 0.25) is 0 Å². The van der Waals surface area contributed by atoms with E-state index in [4.69, 9.17) is 4.74 Å². The van der Waals surface area contributed by atoms with E-state index in [0.29, 0.717) is 30.0 Å². The molecule has 1 heterocycles. The first kappa shape index (κ1) is 18.6. The minimum absolute atomic E-state index is 0.0433. The number of hydrogen-bond donors (Lipinski definition) is 1. The fourth-order valence-electron chi connectivity index (χ4n) is 2.85. The summed E-state index contributed by atoms with van der Waals surface area (Å²) >= 11 is 0. The van der Waals surface area contributed by atoms with Gasteiger partial charge in [-0.05, 0) is 60.5 Å². The van der Waals surface area contributed by atoms with E-state index >= 15 is 0 Å². The maximum Gasteiger partial charge on any atom is 0.266 e. The second-order valence-corrected chi connectivity index (χ2v) is 6.28. The molecule has 1 amide bonds. The number of anilines is 2. The molecule has 1 fully saturated rings. The molecule has 0 unspecified atom stereocenters. The maximum atomic E-state index is 13.4.